The van der Waals surface area contributed by atoms with Crippen molar-refractivity contribution in [3.63, 3.8) is 0 Å². The summed E-state index contributed by atoms with van der Waals surface area (Å²) >= 11 is 10.9. The first-order valence-electron chi connectivity index (χ1n) is 6.26. The van der Waals surface area contributed by atoms with Gasteiger partial charge in [-0.3, -0.25) is 5.10 Å². The molecular weight excluding hydrogens is 370 g/mol. The summed E-state index contributed by atoms with van der Waals surface area (Å²) < 4.78 is 1.04. The minimum absolute atomic E-state index is 0.739. The van der Waals surface area contributed by atoms with Crippen molar-refractivity contribution in [1.82, 2.24) is 15.2 Å². The van der Waals surface area contributed by atoms with Gasteiger partial charge in [-0.05, 0) is 29.8 Å². The Morgan fingerprint density at radius 1 is 1.05 bits per heavy atom. The van der Waals surface area contributed by atoms with Gasteiger partial charge in [-0.1, -0.05) is 63.6 Å². The van der Waals surface area contributed by atoms with Gasteiger partial charge < -0.3 is 0 Å². The van der Waals surface area contributed by atoms with Crippen molar-refractivity contribution >= 4 is 39.3 Å². The van der Waals surface area contributed by atoms with Crippen LogP contribution < -0.4 is 0 Å². The van der Waals surface area contributed by atoms with E-state index in [9.17, 15) is 0 Å². The highest BCUT2D eigenvalue weighted by molar-refractivity contribution is 9.10. The van der Waals surface area contributed by atoms with E-state index in [-0.39, 0.29) is 0 Å². The predicted molar refractivity (Wildman–Crippen MR) is 90.5 cm³/mol. The second kappa shape index (κ2) is 6.64. The highest BCUT2D eigenvalue weighted by atomic mass is 79.9. The summed E-state index contributed by atoms with van der Waals surface area (Å²) in [5.74, 6) is 1.59. The first-order valence-corrected chi connectivity index (χ1v) is 8.42. The number of thioether (sulfide) groups is 1. The molecule has 0 fully saturated rings. The molecule has 3 nitrogen and oxygen atoms in total. The topological polar surface area (TPSA) is 41.6 Å². The molecule has 0 spiro atoms. The van der Waals surface area contributed by atoms with Crippen LogP contribution in [0, 0.1) is 0 Å². The number of nitrogens with one attached hydrogen (secondary N) is 1. The third kappa shape index (κ3) is 3.87. The largest absolute Gasteiger partial charge is 0.258 e. The lowest BCUT2D eigenvalue weighted by Gasteiger charge is -1.98. The van der Waals surface area contributed by atoms with Gasteiger partial charge in [0.15, 0.2) is 5.82 Å². The van der Waals surface area contributed by atoms with Gasteiger partial charge in [0.25, 0.3) is 0 Å². The van der Waals surface area contributed by atoms with Gasteiger partial charge >= 0.3 is 0 Å². The zero-order valence-corrected chi connectivity index (χ0v) is 14.0. The Labute approximate surface area is 140 Å². The number of halogens is 2. The average molecular weight is 381 g/mol. The molecule has 0 aliphatic carbocycles. The van der Waals surface area contributed by atoms with Crippen molar-refractivity contribution in [1.29, 1.82) is 0 Å². The van der Waals surface area contributed by atoms with Crippen LogP contribution in [0.4, 0.5) is 0 Å². The van der Waals surface area contributed by atoms with E-state index in [1.807, 2.05) is 48.5 Å². The molecule has 3 aromatic rings. The van der Waals surface area contributed by atoms with Crippen molar-refractivity contribution in [2.75, 3.05) is 0 Å². The SMILES string of the molecule is Clc1ccc(CSc2n[nH]c(-c3ccc(Br)cc3)n2)cc1. The summed E-state index contributed by atoms with van der Waals surface area (Å²) in [5.41, 5.74) is 2.21. The summed E-state index contributed by atoms with van der Waals surface area (Å²) in [6, 6.07) is 15.8. The number of aromatic amines is 1. The van der Waals surface area contributed by atoms with E-state index in [4.69, 9.17) is 11.6 Å². The second-order valence-electron chi connectivity index (χ2n) is 4.39. The summed E-state index contributed by atoms with van der Waals surface area (Å²) in [6.45, 7) is 0. The quantitative estimate of drug-likeness (QED) is 0.634. The van der Waals surface area contributed by atoms with E-state index in [1.165, 1.54) is 5.56 Å². The molecule has 0 bridgehead atoms. The molecule has 0 aliphatic rings. The van der Waals surface area contributed by atoms with Crippen LogP contribution in [-0.2, 0) is 5.75 Å². The number of nitrogens with zero attached hydrogens (tertiary/aromatic N) is 2. The summed E-state index contributed by atoms with van der Waals surface area (Å²) in [5, 5.41) is 8.69. The Balaban J connectivity index is 1.67. The second-order valence-corrected chi connectivity index (χ2v) is 6.68. The average Bonchev–Trinajstić information content (AvgIpc) is 2.96. The van der Waals surface area contributed by atoms with Crippen LogP contribution in [0.2, 0.25) is 5.02 Å². The molecule has 1 aromatic heterocycles. The zero-order chi connectivity index (χ0) is 14.7. The first kappa shape index (κ1) is 14.6. The highest BCUT2D eigenvalue weighted by Gasteiger charge is 2.06. The normalized spacial score (nSPS) is 10.8. The highest BCUT2D eigenvalue weighted by Crippen LogP contribution is 2.23. The molecule has 21 heavy (non-hydrogen) atoms. The molecule has 0 saturated carbocycles. The molecule has 0 amide bonds. The molecule has 106 valence electrons. The van der Waals surface area contributed by atoms with Gasteiger partial charge in [-0.25, -0.2) is 4.98 Å². The van der Waals surface area contributed by atoms with Crippen LogP contribution >= 0.6 is 39.3 Å². The minimum atomic E-state index is 0.739. The molecule has 0 atom stereocenters. The van der Waals surface area contributed by atoms with Crippen molar-refractivity contribution in [3.8, 4) is 11.4 Å². The number of hydrogen-bond acceptors (Lipinski definition) is 3. The molecule has 0 unspecified atom stereocenters. The maximum Gasteiger partial charge on any atom is 0.209 e. The van der Waals surface area contributed by atoms with Crippen LogP contribution in [0.15, 0.2) is 58.2 Å². The summed E-state index contributed by atoms with van der Waals surface area (Å²) in [6.07, 6.45) is 0. The Bertz CT molecular complexity index is 725. The van der Waals surface area contributed by atoms with Gasteiger partial charge in [0.1, 0.15) is 0 Å². The number of rotatable bonds is 4. The molecule has 1 N–H and O–H groups in total. The van der Waals surface area contributed by atoms with E-state index in [1.54, 1.807) is 11.8 Å². The van der Waals surface area contributed by atoms with Crippen LogP contribution in [0.25, 0.3) is 11.4 Å². The maximum absolute atomic E-state index is 5.87. The molecule has 0 radical (unpaired) electrons. The lowest BCUT2D eigenvalue weighted by atomic mass is 10.2. The predicted octanol–water partition coefficient (Wildman–Crippen LogP) is 5.18. The van der Waals surface area contributed by atoms with E-state index in [2.05, 4.69) is 31.1 Å². The van der Waals surface area contributed by atoms with Crippen LogP contribution in [-0.4, -0.2) is 15.2 Å². The first-order chi connectivity index (χ1) is 10.2. The fourth-order valence-corrected chi connectivity index (χ4v) is 2.92. The molecule has 6 heteroatoms. The lowest BCUT2D eigenvalue weighted by molar-refractivity contribution is 0.973. The summed E-state index contributed by atoms with van der Waals surface area (Å²) in [7, 11) is 0. The smallest absolute Gasteiger partial charge is 0.209 e. The Morgan fingerprint density at radius 2 is 1.76 bits per heavy atom. The number of aromatic nitrogens is 3. The van der Waals surface area contributed by atoms with Gasteiger partial charge in [-0.2, -0.15) is 0 Å². The Kier molecular flexibility index (Phi) is 4.63. The van der Waals surface area contributed by atoms with E-state index in [0.717, 1.165) is 31.8 Å². The number of hydrogen-bond donors (Lipinski definition) is 1. The lowest BCUT2D eigenvalue weighted by Crippen LogP contribution is -1.82. The summed E-state index contributed by atoms with van der Waals surface area (Å²) in [4.78, 5) is 4.50. The van der Waals surface area contributed by atoms with Crippen molar-refractivity contribution in [3.05, 3.63) is 63.6 Å². The van der Waals surface area contributed by atoms with Crippen LogP contribution in [0.1, 0.15) is 5.56 Å². The van der Waals surface area contributed by atoms with Gasteiger partial charge in [0.05, 0.1) is 0 Å². The number of H-pyrrole nitrogens is 1. The van der Waals surface area contributed by atoms with Crippen molar-refractivity contribution in [2.45, 2.75) is 10.9 Å². The molecule has 0 aliphatic heterocycles. The fraction of sp³-hybridized carbons (Fsp3) is 0.0667. The molecule has 3 rings (SSSR count). The number of benzene rings is 2. The Hall–Kier alpha value is -1.30. The van der Waals surface area contributed by atoms with E-state index >= 15 is 0 Å². The minimum Gasteiger partial charge on any atom is -0.258 e. The zero-order valence-electron chi connectivity index (χ0n) is 10.9. The standard InChI is InChI=1S/C15H11BrClN3S/c16-12-5-3-11(4-6-12)14-18-15(20-19-14)21-9-10-1-7-13(17)8-2-10/h1-8H,9H2,(H,18,19,20). The Morgan fingerprint density at radius 3 is 2.48 bits per heavy atom. The van der Waals surface area contributed by atoms with E-state index < -0.39 is 0 Å². The maximum atomic E-state index is 5.87. The van der Waals surface area contributed by atoms with Gasteiger partial charge in [-0.15, -0.1) is 5.10 Å². The fourth-order valence-electron chi connectivity index (χ4n) is 1.78. The van der Waals surface area contributed by atoms with Crippen LogP contribution in [0.3, 0.4) is 0 Å². The van der Waals surface area contributed by atoms with Crippen molar-refractivity contribution < 1.29 is 0 Å². The van der Waals surface area contributed by atoms with Gasteiger partial charge in [0.2, 0.25) is 5.16 Å². The molecule has 0 saturated heterocycles. The molecule has 1 heterocycles. The third-order valence-electron chi connectivity index (χ3n) is 2.86. The molecular formula is C15H11BrClN3S. The third-order valence-corrected chi connectivity index (χ3v) is 4.56. The van der Waals surface area contributed by atoms with Crippen LogP contribution in [0.5, 0.6) is 0 Å². The molecule has 2 aromatic carbocycles. The van der Waals surface area contributed by atoms with Crippen molar-refractivity contribution in [2.24, 2.45) is 0 Å². The monoisotopic (exact) mass is 379 g/mol. The van der Waals surface area contributed by atoms with E-state index in [0.29, 0.717) is 0 Å². The van der Waals surface area contributed by atoms with Gasteiger partial charge in [0, 0.05) is 20.8 Å².